The molecule has 0 saturated carbocycles. The van der Waals surface area contributed by atoms with E-state index >= 15 is 0 Å². The normalized spacial score (nSPS) is 11.1. The first-order chi connectivity index (χ1) is 14.7. The number of nitrogens with zero attached hydrogens (tertiary/aromatic N) is 3. The Hall–Kier alpha value is -3.89. The second kappa shape index (κ2) is 8.86. The first kappa shape index (κ1) is 21.8. The number of aromatic nitrogens is 3. The van der Waals surface area contributed by atoms with Gasteiger partial charge in [-0.3, -0.25) is 9.59 Å². The fraction of sp³-hybridized carbons (Fsp3) is 0.200. The summed E-state index contributed by atoms with van der Waals surface area (Å²) >= 11 is 0. The van der Waals surface area contributed by atoms with Crippen molar-refractivity contribution in [2.45, 2.75) is 13.1 Å². The molecule has 11 heteroatoms. The molecule has 2 aromatic carbocycles. The van der Waals surface area contributed by atoms with Crippen molar-refractivity contribution in [2.24, 2.45) is 0 Å². The highest BCUT2D eigenvalue weighted by atomic mass is 19.4. The number of hydrogen-bond donors (Lipinski definition) is 3. The Kier molecular flexibility index (Phi) is 6.23. The predicted molar refractivity (Wildman–Crippen MR) is 108 cm³/mol. The maximum Gasteiger partial charge on any atom is 0.416 e. The van der Waals surface area contributed by atoms with Crippen LogP contribution in [0, 0.1) is 6.92 Å². The topological polar surface area (TPSA) is 101 Å². The van der Waals surface area contributed by atoms with Crippen molar-refractivity contribution in [3.05, 3.63) is 65.7 Å². The molecule has 162 valence electrons. The van der Waals surface area contributed by atoms with Gasteiger partial charge in [-0.2, -0.15) is 18.3 Å². The minimum Gasteiger partial charge on any atom is -0.375 e. The van der Waals surface area contributed by atoms with Crippen LogP contribution >= 0.6 is 0 Å². The molecule has 0 aliphatic carbocycles. The van der Waals surface area contributed by atoms with Gasteiger partial charge >= 0.3 is 6.18 Å². The van der Waals surface area contributed by atoms with Gasteiger partial charge in [-0.1, -0.05) is 12.1 Å². The van der Waals surface area contributed by atoms with Gasteiger partial charge in [-0.05, 0) is 36.8 Å². The summed E-state index contributed by atoms with van der Waals surface area (Å²) in [5.41, 5.74) is 0.731. The standard InChI is InChI=1S/C20H19F3N6O2/c1-12-4-3-5-14(18(12)19(31)24-2)26-9-17(30)28-15-8-13(20(21,22)23)6-7-16(15)29-11-25-10-27-29/h3-8,10-11,26H,9H2,1-2H3,(H,24,31)(H,28,30). The monoisotopic (exact) mass is 432 g/mol. The summed E-state index contributed by atoms with van der Waals surface area (Å²) in [5, 5.41) is 11.8. The van der Waals surface area contributed by atoms with Gasteiger partial charge in [-0.25, -0.2) is 9.67 Å². The molecule has 0 bridgehead atoms. The average molecular weight is 432 g/mol. The van der Waals surface area contributed by atoms with Gasteiger partial charge in [0.1, 0.15) is 12.7 Å². The average Bonchev–Trinajstić information content (AvgIpc) is 3.25. The van der Waals surface area contributed by atoms with Crippen LogP contribution in [-0.4, -0.2) is 40.2 Å². The summed E-state index contributed by atoms with van der Waals surface area (Å²) in [6, 6.07) is 8.03. The first-order valence-corrected chi connectivity index (χ1v) is 9.12. The Morgan fingerprint density at radius 1 is 1.13 bits per heavy atom. The van der Waals surface area contributed by atoms with Crippen LogP contribution in [0.2, 0.25) is 0 Å². The van der Waals surface area contributed by atoms with Gasteiger partial charge in [0.05, 0.1) is 29.0 Å². The summed E-state index contributed by atoms with van der Waals surface area (Å²) in [5.74, 6) is -0.933. The van der Waals surface area contributed by atoms with E-state index in [1.165, 1.54) is 30.5 Å². The summed E-state index contributed by atoms with van der Waals surface area (Å²) in [6.45, 7) is 1.48. The van der Waals surface area contributed by atoms with Crippen LogP contribution in [0.1, 0.15) is 21.5 Å². The van der Waals surface area contributed by atoms with Crippen LogP contribution < -0.4 is 16.0 Å². The molecule has 0 aliphatic rings. The first-order valence-electron chi connectivity index (χ1n) is 9.12. The zero-order chi connectivity index (χ0) is 22.6. The van der Waals surface area contributed by atoms with E-state index in [2.05, 4.69) is 26.0 Å². The molecule has 3 rings (SSSR count). The van der Waals surface area contributed by atoms with Gasteiger partial charge < -0.3 is 16.0 Å². The van der Waals surface area contributed by atoms with Gasteiger partial charge in [0.25, 0.3) is 5.91 Å². The van der Waals surface area contributed by atoms with E-state index < -0.39 is 17.6 Å². The highest BCUT2D eigenvalue weighted by Crippen LogP contribution is 2.33. The van der Waals surface area contributed by atoms with Gasteiger partial charge in [-0.15, -0.1) is 0 Å². The molecule has 8 nitrogen and oxygen atoms in total. The van der Waals surface area contributed by atoms with Crippen molar-refractivity contribution in [1.29, 1.82) is 0 Å². The molecule has 0 aliphatic heterocycles. The molecule has 0 saturated heterocycles. The van der Waals surface area contributed by atoms with Gasteiger partial charge in [0, 0.05) is 12.7 Å². The molecule has 3 aromatic rings. The second-order valence-electron chi connectivity index (χ2n) is 6.55. The van der Waals surface area contributed by atoms with Crippen molar-refractivity contribution in [2.75, 3.05) is 24.2 Å². The van der Waals surface area contributed by atoms with Crippen molar-refractivity contribution in [3.8, 4) is 5.69 Å². The smallest absolute Gasteiger partial charge is 0.375 e. The minimum absolute atomic E-state index is 0.0807. The zero-order valence-corrected chi connectivity index (χ0v) is 16.6. The number of halogens is 3. The lowest BCUT2D eigenvalue weighted by Gasteiger charge is -2.16. The molecule has 0 fully saturated rings. The number of nitrogens with one attached hydrogen (secondary N) is 3. The van der Waals surface area contributed by atoms with Crippen LogP contribution in [0.5, 0.6) is 0 Å². The summed E-state index contributed by atoms with van der Waals surface area (Å²) in [7, 11) is 1.49. The van der Waals surface area contributed by atoms with E-state index in [9.17, 15) is 22.8 Å². The largest absolute Gasteiger partial charge is 0.416 e. The van der Waals surface area contributed by atoms with E-state index in [1.807, 2.05) is 0 Å². The summed E-state index contributed by atoms with van der Waals surface area (Å²) in [4.78, 5) is 28.4. The molecular weight excluding hydrogens is 413 g/mol. The van der Waals surface area contributed by atoms with Crippen LogP contribution in [-0.2, 0) is 11.0 Å². The Balaban J connectivity index is 1.82. The molecule has 2 amide bonds. The fourth-order valence-corrected chi connectivity index (χ4v) is 2.96. The molecule has 0 atom stereocenters. The number of benzene rings is 2. The number of hydrogen-bond acceptors (Lipinski definition) is 5. The Morgan fingerprint density at radius 2 is 1.90 bits per heavy atom. The van der Waals surface area contributed by atoms with E-state index in [4.69, 9.17) is 0 Å². The summed E-state index contributed by atoms with van der Waals surface area (Å²) in [6.07, 6.45) is -2.05. The highest BCUT2D eigenvalue weighted by Gasteiger charge is 2.31. The number of rotatable bonds is 6. The lowest BCUT2D eigenvalue weighted by molar-refractivity contribution is -0.137. The number of aryl methyl sites for hydroxylation is 1. The Labute approximate surface area is 175 Å². The van der Waals surface area contributed by atoms with Crippen molar-refractivity contribution in [1.82, 2.24) is 20.1 Å². The van der Waals surface area contributed by atoms with Crippen LogP contribution in [0.4, 0.5) is 24.5 Å². The Morgan fingerprint density at radius 3 is 2.55 bits per heavy atom. The van der Waals surface area contributed by atoms with Crippen molar-refractivity contribution < 1.29 is 22.8 Å². The van der Waals surface area contributed by atoms with E-state index in [1.54, 1.807) is 25.1 Å². The Bertz CT molecular complexity index is 1100. The van der Waals surface area contributed by atoms with E-state index in [-0.39, 0.29) is 23.8 Å². The van der Waals surface area contributed by atoms with Crippen molar-refractivity contribution >= 4 is 23.2 Å². The number of anilines is 2. The summed E-state index contributed by atoms with van der Waals surface area (Å²) < 4.78 is 40.7. The molecule has 0 unspecified atom stereocenters. The number of carbonyl (C=O) groups excluding carboxylic acids is 2. The maximum absolute atomic E-state index is 13.1. The zero-order valence-electron chi connectivity index (χ0n) is 16.6. The lowest BCUT2D eigenvalue weighted by Crippen LogP contribution is -2.25. The maximum atomic E-state index is 13.1. The van der Waals surface area contributed by atoms with Crippen molar-refractivity contribution in [3.63, 3.8) is 0 Å². The van der Waals surface area contributed by atoms with Gasteiger partial charge in [0.2, 0.25) is 5.91 Å². The molecule has 0 radical (unpaired) electrons. The van der Waals surface area contributed by atoms with E-state index in [0.717, 1.165) is 12.1 Å². The highest BCUT2D eigenvalue weighted by molar-refractivity contribution is 6.02. The SMILES string of the molecule is CNC(=O)c1c(C)cccc1NCC(=O)Nc1cc(C(F)(F)F)ccc1-n1cncn1. The molecular formula is C20H19F3N6O2. The lowest BCUT2D eigenvalue weighted by atomic mass is 10.1. The minimum atomic E-state index is -4.58. The molecule has 31 heavy (non-hydrogen) atoms. The molecule has 1 heterocycles. The van der Waals surface area contributed by atoms with Crippen LogP contribution in [0.3, 0.4) is 0 Å². The number of carbonyl (C=O) groups is 2. The molecule has 0 spiro atoms. The van der Waals surface area contributed by atoms with Crippen LogP contribution in [0.25, 0.3) is 5.69 Å². The number of amides is 2. The predicted octanol–water partition coefficient (Wildman–Crippen LogP) is 3.00. The van der Waals surface area contributed by atoms with E-state index in [0.29, 0.717) is 16.8 Å². The number of alkyl halides is 3. The fourth-order valence-electron chi connectivity index (χ4n) is 2.96. The van der Waals surface area contributed by atoms with Gasteiger partial charge in [0.15, 0.2) is 0 Å². The molecule has 3 N–H and O–H groups in total. The third-order valence-corrected chi connectivity index (χ3v) is 4.43. The quantitative estimate of drug-likeness (QED) is 0.556. The second-order valence-corrected chi connectivity index (χ2v) is 6.55. The third-order valence-electron chi connectivity index (χ3n) is 4.43. The van der Waals surface area contributed by atoms with Crippen LogP contribution in [0.15, 0.2) is 49.1 Å². The molecule has 1 aromatic heterocycles. The third kappa shape index (κ3) is 5.00.